The van der Waals surface area contributed by atoms with Gasteiger partial charge in [0.05, 0.1) is 8.07 Å². The van der Waals surface area contributed by atoms with E-state index in [1.807, 2.05) is 60.7 Å². The average molecular weight is 393 g/mol. The Hall–Kier alpha value is -1.89. The summed E-state index contributed by atoms with van der Waals surface area (Å²) in [6.45, 7) is 6.93. The van der Waals surface area contributed by atoms with Crippen molar-refractivity contribution in [2.24, 2.45) is 0 Å². The van der Waals surface area contributed by atoms with Crippen LogP contribution in [-0.4, -0.2) is 8.07 Å². The fourth-order valence-electron chi connectivity index (χ4n) is 4.22. The van der Waals surface area contributed by atoms with E-state index in [9.17, 15) is 4.57 Å². The highest BCUT2D eigenvalue weighted by Crippen LogP contribution is 2.42. The van der Waals surface area contributed by atoms with E-state index in [0.717, 1.165) is 15.9 Å². The maximum Gasteiger partial charge on any atom is 0.170 e. The molecule has 0 aromatic heterocycles. The minimum Gasteiger partial charge on any atom is -0.309 e. The first-order valence-corrected chi connectivity index (χ1v) is 14.3. The van der Waals surface area contributed by atoms with Gasteiger partial charge < -0.3 is 4.57 Å². The molecule has 0 saturated carbocycles. The van der Waals surface area contributed by atoms with Crippen molar-refractivity contribution in [3.05, 3.63) is 84.9 Å². The second-order valence-corrected chi connectivity index (χ2v) is 15.1. The summed E-state index contributed by atoms with van der Waals surface area (Å²) in [6.07, 6.45) is 0. The van der Waals surface area contributed by atoms with Gasteiger partial charge >= 0.3 is 0 Å². The summed E-state index contributed by atoms with van der Waals surface area (Å²) in [7, 11) is -4.60. The Morgan fingerprint density at radius 1 is 0.630 bits per heavy atom. The molecule has 27 heavy (non-hydrogen) atoms. The quantitative estimate of drug-likeness (QED) is 0.407. The topological polar surface area (TPSA) is 17.1 Å². The van der Waals surface area contributed by atoms with Gasteiger partial charge in [-0.25, -0.2) is 0 Å². The fraction of sp³-hybridized carbons (Fsp3) is 0.250. The Labute approximate surface area is 164 Å². The van der Waals surface area contributed by atoms with Crippen molar-refractivity contribution in [1.82, 2.24) is 0 Å². The molecule has 0 saturated heterocycles. The van der Waals surface area contributed by atoms with Crippen molar-refractivity contribution >= 4 is 36.3 Å². The molecule has 0 fully saturated rings. The highest BCUT2D eigenvalue weighted by molar-refractivity contribution is 7.85. The van der Waals surface area contributed by atoms with Crippen LogP contribution in [0.15, 0.2) is 84.9 Å². The molecule has 0 N–H and O–H groups in total. The summed E-state index contributed by atoms with van der Waals surface area (Å²) in [5.74, 6) is 0. The van der Waals surface area contributed by atoms with Crippen LogP contribution in [-0.2, 0) is 4.57 Å². The van der Waals surface area contributed by atoms with E-state index >= 15 is 0 Å². The van der Waals surface area contributed by atoms with Crippen molar-refractivity contribution in [2.75, 3.05) is 0 Å². The lowest BCUT2D eigenvalue weighted by Gasteiger charge is -2.33. The van der Waals surface area contributed by atoms with Gasteiger partial charge in [-0.3, -0.25) is 0 Å². The van der Waals surface area contributed by atoms with E-state index in [1.165, 1.54) is 23.3 Å². The third-order valence-corrected chi connectivity index (χ3v) is 15.1. The van der Waals surface area contributed by atoms with Gasteiger partial charge in [0, 0.05) is 15.9 Å². The maximum atomic E-state index is 14.9. The van der Waals surface area contributed by atoms with Crippen LogP contribution in [0.2, 0.25) is 18.1 Å². The van der Waals surface area contributed by atoms with Gasteiger partial charge in [0.15, 0.2) is 7.14 Å². The smallest absolute Gasteiger partial charge is 0.170 e. The van der Waals surface area contributed by atoms with Crippen LogP contribution < -0.4 is 21.1 Å². The predicted molar refractivity (Wildman–Crippen MR) is 123 cm³/mol. The lowest BCUT2D eigenvalue weighted by molar-refractivity contribution is 0.592. The minimum atomic E-state index is -2.92. The van der Waals surface area contributed by atoms with Crippen LogP contribution in [0.1, 0.15) is 20.8 Å². The van der Waals surface area contributed by atoms with E-state index in [4.69, 9.17) is 0 Å². The molecule has 0 bridgehead atoms. The maximum absolute atomic E-state index is 14.9. The zero-order valence-corrected chi connectivity index (χ0v) is 18.5. The summed E-state index contributed by atoms with van der Waals surface area (Å²) in [6, 6.07) is 32.2. The molecular weight excluding hydrogens is 363 g/mol. The van der Waals surface area contributed by atoms with Crippen LogP contribution in [0.5, 0.6) is 0 Å². The van der Waals surface area contributed by atoms with Gasteiger partial charge in [-0.1, -0.05) is 124 Å². The molecular formula is C24H29OPSi. The first kappa shape index (κ1) is 19.9. The zero-order chi connectivity index (χ0) is 19.3. The Kier molecular flexibility index (Phi) is 6.19. The highest BCUT2D eigenvalue weighted by atomic mass is 31.2. The van der Waals surface area contributed by atoms with E-state index in [0.29, 0.717) is 0 Å². The fourth-order valence-corrected chi connectivity index (χ4v) is 11.9. The second-order valence-electron chi connectivity index (χ2n) is 7.14. The van der Waals surface area contributed by atoms with Crippen molar-refractivity contribution in [2.45, 2.75) is 38.9 Å². The molecule has 3 aromatic rings. The van der Waals surface area contributed by atoms with Crippen LogP contribution >= 0.6 is 7.14 Å². The first-order valence-electron chi connectivity index (χ1n) is 9.93. The molecule has 140 valence electrons. The molecule has 3 rings (SSSR count). The summed E-state index contributed by atoms with van der Waals surface area (Å²) in [4.78, 5) is 0. The molecule has 0 spiro atoms. The minimum absolute atomic E-state index is 0.926. The molecule has 0 aliphatic rings. The van der Waals surface area contributed by atoms with Crippen molar-refractivity contribution in [3.63, 3.8) is 0 Å². The molecule has 3 heteroatoms. The molecule has 1 nitrogen and oxygen atoms in total. The molecule has 0 aliphatic heterocycles. The second kappa shape index (κ2) is 8.42. The lowest BCUT2D eigenvalue weighted by atomic mass is 10.3. The van der Waals surface area contributed by atoms with Crippen molar-refractivity contribution in [3.8, 4) is 0 Å². The molecule has 0 radical (unpaired) electrons. The van der Waals surface area contributed by atoms with Crippen LogP contribution in [0.3, 0.4) is 0 Å². The summed E-state index contributed by atoms with van der Waals surface area (Å²) >= 11 is 0. The van der Waals surface area contributed by atoms with Gasteiger partial charge in [0.2, 0.25) is 0 Å². The number of hydrogen-bond donors (Lipinski definition) is 0. The van der Waals surface area contributed by atoms with Gasteiger partial charge in [0.1, 0.15) is 0 Å². The molecule has 0 unspecified atom stereocenters. The summed E-state index contributed by atoms with van der Waals surface area (Å²) in [5, 5.41) is 4.29. The third-order valence-electron chi connectivity index (χ3n) is 6.08. The van der Waals surface area contributed by atoms with Crippen molar-refractivity contribution < 1.29 is 4.57 Å². The Bertz CT molecular complexity index is 866. The van der Waals surface area contributed by atoms with Crippen LogP contribution in [0.4, 0.5) is 0 Å². The third kappa shape index (κ3) is 3.49. The lowest BCUT2D eigenvalue weighted by Crippen LogP contribution is -2.53. The van der Waals surface area contributed by atoms with E-state index in [1.54, 1.807) is 0 Å². The van der Waals surface area contributed by atoms with Gasteiger partial charge in [-0.2, -0.15) is 0 Å². The summed E-state index contributed by atoms with van der Waals surface area (Å²) in [5.41, 5.74) is 0. The molecule has 0 amide bonds. The van der Waals surface area contributed by atoms with E-state index in [-0.39, 0.29) is 0 Å². The predicted octanol–water partition coefficient (Wildman–Crippen LogP) is 5.04. The largest absolute Gasteiger partial charge is 0.309 e. The van der Waals surface area contributed by atoms with E-state index in [2.05, 4.69) is 45.0 Å². The number of benzene rings is 3. The van der Waals surface area contributed by atoms with E-state index < -0.39 is 15.2 Å². The average Bonchev–Trinajstić information content (AvgIpc) is 2.76. The Balaban J connectivity index is 2.36. The molecule has 0 heterocycles. The zero-order valence-electron chi connectivity index (χ0n) is 16.6. The molecule has 0 atom stereocenters. The monoisotopic (exact) mass is 392 g/mol. The summed E-state index contributed by atoms with van der Waals surface area (Å²) < 4.78 is 14.9. The highest BCUT2D eigenvalue weighted by Gasteiger charge is 2.38. The van der Waals surface area contributed by atoms with Gasteiger partial charge in [0.25, 0.3) is 0 Å². The van der Waals surface area contributed by atoms with Crippen LogP contribution in [0, 0.1) is 0 Å². The van der Waals surface area contributed by atoms with Gasteiger partial charge in [-0.05, 0) is 5.19 Å². The number of hydrogen-bond acceptors (Lipinski definition) is 1. The first-order chi connectivity index (χ1) is 13.1. The number of rotatable bonds is 7. The van der Waals surface area contributed by atoms with Gasteiger partial charge in [-0.15, -0.1) is 0 Å². The Morgan fingerprint density at radius 3 is 1.48 bits per heavy atom. The molecule has 3 aromatic carbocycles. The normalized spacial score (nSPS) is 12.1. The van der Waals surface area contributed by atoms with Crippen molar-refractivity contribution in [1.29, 1.82) is 0 Å². The van der Waals surface area contributed by atoms with Crippen LogP contribution in [0.25, 0.3) is 0 Å². The SMILES string of the molecule is CC[Si](CC)(CC)c1ccccc1P(=O)(c1ccccc1)c1ccccc1. The molecule has 0 aliphatic carbocycles. The Morgan fingerprint density at radius 2 is 1.04 bits per heavy atom. The standard InChI is InChI=1S/C24H29OPSi/c1-4-27(5-2,6-3)24-20-14-13-19-23(24)26(25,21-15-9-7-10-16-21)22-17-11-8-12-18-22/h7-20H,4-6H2,1-3H3.